The van der Waals surface area contributed by atoms with Crippen molar-refractivity contribution in [3.63, 3.8) is 0 Å². The Labute approximate surface area is 161 Å². The van der Waals surface area contributed by atoms with Crippen LogP contribution in [0.3, 0.4) is 0 Å². The fourth-order valence-corrected chi connectivity index (χ4v) is 3.45. The van der Waals surface area contributed by atoms with Crippen molar-refractivity contribution in [2.75, 3.05) is 13.1 Å². The molecule has 0 amide bonds. The average molecular weight is 361 g/mol. The quantitative estimate of drug-likeness (QED) is 0.573. The third kappa shape index (κ3) is 4.45. The van der Waals surface area contributed by atoms with E-state index in [0.717, 1.165) is 28.8 Å². The minimum absolute atomic E-state index is 0.328. The van der Waals surface area contributed by atoms with Gasteiger partial charge in [-0.25, -0.2) is 0 Å². The van der Waals surface area contributed by atoms with Crippen molar-refractivity contribution in [2.24, 2.45) is 0 Å². The van der Waals surface area contributed by atoms with Crippen LogP contribution in [0.5, 0.6) is 0 Å². The minimum atomic E-state index is -1.38. The number of hydrogen-bond acceptors (Lipinski definition) is 3. The Balaban J connectivity index is 2.01. The Bertz CT molecular complexity index is 835. The van der Waals surface area contributed by atoms with Crippen molar-refractivity contribution in [1.29, 1.82) is 0 Å². The van der Waals surface area contributed by atoms with E-state index in [0.29, 0.717) is 13.0 Å². The van der Waals surface area contributed by atoms with Gasteiger partial charge in [-0.3, -0.25) is 0 Å². The van der Waals surface area contributed by atoms with Crippen LogP contribution in [-0.4, -0.2) is 29.4 Å². The second kappa shape index (κ2) is 8.96. The Morgan fingerprint density at radius 3 is 2.11 bits per heavy atom. The van der Waals surface area contributed by atoms with E-state index in [4.69, 9.17) is 0 Å². The van der Waals surface area contributed by atoms with Gasteiger partial charge in [0.2, 0.25) is 0 Å². The molecule has 0 saturated heterocycles. The van der Waals surface area contributed by atoms with Crippen LogP contribution in [0.25, 0.3) is 11.1 Å². The number of rotatable bonds is 8. The van der Waals surface area contributed by atoms with E-state index in [1.165, 1.54) is 0 Å². The van der Waals surface area contributed by atoms with Gasteiger partial charge in [-0.05, 0) is 28.8 Å². The summed E-state index contributed by atoms with van der Waals surface area (Å²) in [6.07, 6.45) is -0.599. The Kier molecular flexibility index (Phi) is 6.40. The van der Waals surface area contributed by atoms with Gasteiger partial charge in [0.05, 0.1) is 6.10 Å². The maximum Gasteiger partial charge on any atom is 0.121 e. The molecule has 0 bridgehead atoms. The molecule has 3 aromatic carbocycles. The molecule has 0 aromatic heterocycles. The summed E-state index contributed by atoms with van der Waals surface area (Å²) in [6.45, 7) is 3.05. The van der Waals surface area contributed by atoms with Gasteiger partial charge in [0, 0.05) is 13.0 Å². The first-order chi connectivity index (χ1) is 13.1. The third-order valence-corrected chi connectivity index (χ3v) is 4.97. The molecule has 3 heteroatoms. The zero-order valence-corrected chi connectivity index (χ0v) is 15.7. The number of hydrogen-bond donors (Lipinski definition) is 3. The molecule has 0 aliphatic rings. The van der Waals surface area contributed by atoms with Crippen molar-refractivity contribution in [3.8, 4) is 11.1 Å². The van der Waals surface area contributed by atoms with E-state index < -0.39 is 11.7 Å². The van der Waals surface area contributed by atoms with Gasteiger partial charge in [0.25, 0.3) is 0 Å². The highest BCUT2D eigenvalue weighted by molar-refractivity contribution is 5.67. The molecule has 0 fully saturated rings. The molecule has 3 aromatic rings. The van der Waals surface area contributed by atoms with Gasteiger partial charge in [0.15, 0.2) is 0 Å². The first-order valence-corrected chi connectivity index (χ1v) is 9.45. The highest BCUT2D eigenvalue weighted by atomic mass is 16.3. The molecule has 140 valence electrons. The van der Waals surface area contributed by atoms with E-state index in [9.17, 15) is 10.2 Å². The van der Waals surface area contributed by atoms with Gasteiger partial charge in [-0.15, -0.1) is 0 Å². The Morgan fingerprint density at radius 2 is 1.44 bits per heavy atom. The standard InChI is InChI=1S/C24H27NO2/c1-2-25-18-23(26)24(27,21-14-7-4-8-15-21)17-20-13-9-10-16-22(20)19-11-5-3-6-12-19/h3-16,23,25-27H,2,17-18H2,1H3/t23?,24-/m1/s1. The van der Waals surface area contributed by atoms with Crippen LogP contribution in [-0.2, 0) is 12.0 Å². The fraction of sp³-hybridized carbons (Fsp3) is 0.250. The van der Waals surface area contributed by atoms with Crippen molar-refractivity contribution in [1.82, 2.24) is 5.32 Å². The first kappa shape index (κ1) is 19.3. The molecule has 0 aliphatic heterocycles. The molecule has 27 heavy (non-hydrogen) atoms. The zero-order chi connectivity index (χ0) is 19.1. The lowest BCUT2D eigenvalue weighted by Gasteiger charge is -2.34. The average Bonchev–Trinajstić information content (AvgIpc) is 2.73. The van der Waals surface area contributed by atoms with Gasteiger partial charge >= 0.3 is 0 Å². The van der Waals surface area contributed by atoms with Crippen LogP contribution in [0, 0.1) is 0 Å². The monoisotopic (exact) mass is 361 g/mol. The van der Waals surface area contributed by atoms with Gasteiger partial charge in [-0.2, -0.15) is 0 Å². The molecule has 0 radical (unpaired) electrons. The molecule has 3 N–H and O–H groups in total. The van der Waals surface area contributed by atoms with Crippen molar-refractivity contribution in [2.45, 2.75) is 25.0 Å². The smallest absolute Gasteiger partial charge is 0.121 e. The predicted molar refractivity (Wildman–Crippen MR) is 110 cm³/mol. The molecule has 0 saturated carbocycles. The second-order valence-corrected chi connectivity index (χ2v) is 6.81. The molecule has 0 aliphatic carbocycles. The van der Waals surface area contributed by atoms with E-state index in [-0.39, 0.29) is 0 Å². The van der Waals surface area contributed by atoms with E-state index in [2.05, 4.69) is 23.5 Å². The summed E-state index contributed by atoms with van der Waals surface area (Å²) in [6, 6.07) is 27.7. The lowest BCUT2D eigenvalue weighted by molar-refractivity contribution is -0.0785. The first-order valence-electron chi connectivity index (χ1n) is 9.45. The number of aliphatic hydroxyl groups is 2. The second-order valence-electron chi connectivity index (χ2n) is 6.81. The topological polar surface area (TPSA) is 52.5 Å². The summed E-state index contributed by atoms with van der Waals surface area (Å²) in [5.74, 6) is 0. The van der Waals surface area contributed by atoms with Gasteiger partial charge in [-0.1, -0.05) is 91.9 Å². The maximum absolute atomic E-state index is 11.6. The maximum atomic E-state index is 11.6. The van der Waals surface area contributed by atoms with Gasteiger partial charge in [0.1, 0.15) is 5.60 Å². The number of benzene rings is 3. The van der Waals surface area contributed by atoms with E-state index in [1.54, 1.807) is 0 Å². The number of nitrogens with one attached hydrogen (secondary N) is 1. The molecule has 0 heterocycles. The molecule has 3 rings (SSSR count). The zero-order valence-electron chi connectivity index (χ0n) is 15.7. The number of aliphatic hydroxyl groups excluding tert-OH is 1. The molecule has 0 spiro atoms. The summed E-state index contributed by atoms with van der Waals surface area (Å²) >= 11 is 0. The fourth-order valence-electron chi connectivity index (χ4n) is 3.45. The third-order valence-electron chi connectivity index (χ3n) is 4.97. The lowest BCUT2D eigenvalue weighted by Crippen LogP contribution is -2.47. The summed E-state index contributed by atoms with van der Waals surface area (Å²) in [5.41, 5.74) is 2.52. The molecule has 2 atom stereocenters. The van der Waals surface area contributed by atoms with Crippen LogP contribution in [0.4, 0.5) is 0 Å². The van der Waals surface area contributed by atoms with Crippen LogP contribution < -0.4 is 5.32 Å². The lowest BCUT2D eigenvalue weighted by atomic mass is 9.80. The summed E-state index contributed by atoms with van der Waals surface area (Å²) in [7, 11) is 0. The number of likely N-dealkylation sites (N-methyl/N-ethyl adjacent to an activating group) is 1. The summed E-state index contributed by atoms with van der Waals surface area (Å²) in [5, 5.41) is 25.6. The Hall–Kier alpha value is -2.46. The van der Waals surface area contributed by atoms with Crippen LogP contribution >= 0.6 is 0 Å². The van der Waals surface area contributed by atoms with E-state index in [1.807, 2.05) is 73.7 Å². The van der Waals surface area contributed by atoms with Crippen LogP contribution in [0.1, 0.15) is 18.1 Å². The highest BCUT2D eigenvalue weighted by Gasteiger charge is 2.37. The van der Waals surface area contributed by atoms with E-state index >= 15 is 0 Å². The van der Waals surface area contributed by atoms with Crippen LogP contribution in [0.2, 0.25) is 0 Å². The largest absolute Gasteiger partial charge is 0.388 e. The highest BCUT2D eigenvalue weighted by Crippen LogP contribution is 2.33. The predicted octanol–water partition coefficient (Wildman–Crippen LogP) is 3.75. The molecular weight excluding hydrogens is 334 g/mol. The Morgan fingerprint density at radius 1 is 0.852 bits per heavy atom. The normalized spacial score (nSPS) is 14.5. The molecule has 3 nitrogen and oxygen atoms in total. The van der Waals surface area contributed by atoms with Crippen molar-refractivity contribution in [3.05, 3.63) is 96.1 Å². The van der Waals surface area contributed by atoms with Crippen LogP contribution in [0.15, 0.2) is 84.9 Å². The SMILES string of the molecule is CCNCC(O)[C@@](O)(Cc1ccccc1-c1ccccc1)c1ccccc1. The molecular formula is C24H27NO2. The van der Waals surface area contributed by atoms with Crippen molar-refractivity contribution < 1.29 is 10.2 Å². The molecule has 1 unspecified atom stereocenters. The minimum Gasteiger partial charge on any atom is -0.388 e. The van der Waals surface area contributed by atoms with Crippen molar-refractivity contribution >= 4 is 0 Å². The van der Waals surface area contributed by atoms with Gasteiger partial charge < -0.3 is 15.5 Å². The summed E-state index contributed by atoms with van der Waals surface area (Å²) < 4.78 is 0. The summed E-state index contributed by atoms with van der Waals surface area (Å²) in [4.78, 5) is 0.